The maximum absolute atomic E-state index is 12.8. The summed E-state index contributed by atoms with van der Waals surface area (Å²) in [6.07, 6.45) is 3.03. The summed E-state index contributed by atoms with van der Waals surface area (Å²) >= 11 is 0. The SMILES string of the molecule is Cc1ccc2[nH]cc(CCN[C@H]3CC(=O)N(c4ccc(C(C)C)cc4)C3=O)c2c1. The van der Waals surface area contributed by atoms with Gasteiger partial charge in [-0.15, -0.1) is 0 Å². The van der Waals surface area contributed by atoms with E-state index < -0.39 is 6.04 Å². The Morgan fingerprint density at radius 3 is 2.62 bits per heavy atom. The van der Waals surface area contributed by atoms with Crippen molar-refractivity contribution < 1.29 is 9.59 Å². The van der Waals surface area contributed by atoms with Gasteiger partial charge in [-0.3, -0.25) is 9.59 Å². The van der Waals surface area contributed by atoms with Crippen molar-refractivity contribution in [3.05, 3.63) is 65.4 Å². The minimum absolute atomic E-state index is 0.146. The van der Waals surface area contributed by atoms with Crippen molar-refractivity contribution in [2.75, 3.05) is 11.4 Å². The summed E-state index contributed by atoms with van der Waals surface area (Å²) in [7, 11) is 0. The van der Waals surface area contributed by atoms with E-state index in [1.165, 1.54) is 27.0 Å². The molecule has 0 unspecified atom stereocenters. The molecule has 3 aromatic rings. The number of aromatic amines is 1. The third-order valence-electron chi connectivity index (χ3n) is 5.67. The standard InChI is InChI=1S/C24H27N3O2/c1-15(2)17-5-7-19(8-6-17)27-23(28)13-22(24(27)29)25-11-10-18-14-26-21-9-4-16(3)12-20(18)21/h4-9,12,14-15,22,25-26H,10-11,13H2,1-3H3/t22-/m0/s1. The monoisotopic (exact) mass is 389 g/mol. The Labute approximate surface area is 171 Å². The summed E-state index contributed by atoms with van der Waals surface area (Å²) in [5.41, 5.74) is 5.40. The van der Waals surface area contributed by atoms with Crippen LogP contribution in [0.2, 0.25) is 0 Å². The highest BCUT2D eigenvalue weighted by Gasteiger charge is 2.39. The number of imide groups is 1. The van der Waals surface area contributed by atoms with Crippen LogP contribution in [-0.2, 0) is 16.0 Å². The molecule has 2 heterocycles. The second-order valence-electron chi connectivity index (χ2n) is 8.14. The van der Waals surface area contributed by atoms with Crippen LogP contribution >= 0.6 is 0 Å². The van der Waals surface area contributed by atoms with Crippen molar-refractivity contribution in [2.24, 2.45) is 0 Å². The highest BCUT2D eigenvalue weighted by Crippen LogP contribution is 2.25. The van der Waals surface area contributed by atoms with Crippen LogP contribution in [0.3, 0.4) is 0 Å². The summed E-state index contributed by atoms with van der Waals surface area (Å²) in [4.78, 5) is 29.9. The number of aromatic nitrogens is 1. The Morgan fingerprint density at radius 2 is 1.90 bits per heavy atom. The Bertz CT molecular complexity index is 1050. The second-order valence-corrected chi connectivity index (χ2v) is 8.14. The topological polar surface area (TPSA) is 65.2 Å². The van der Waals surface area contributed by atoms with Crippen LogP contribution in [0.25, 0.3) is 10.9 Å². The maximum atomic E-state index is 12.8. The maximum Gasteiger partial charge on any atom is 0.251 e. The Hall–Kier alpha value is -2.92. The Kier molecular flexibility index (Phi) is 5.24. The van der Waals surface area contributed by atoms with E-state index in [-0.39, 0.29) is 18.2 Å². The molecular formula is C24H27N3O2. The van der Waals surface area contributed by atoms with Gasteiger partial charge in [0.05, 0.1) is 18.2 Å². The lowest BCUT2D eigenvalue weighted by molar-refractivity contribution is -0.121. The van der Waals surface area contributed by atoms with Crippen LogP contribution in [0.1, 0.15) is 42.9 Å². The van der Waals surface area contributed by atoms with E-state index in [1.807, 2.05) is 30.5 Å². The van der Waals surface area contributed by atoms with Gasteiger partial charge in [0.25, 0.3) is 5.91 Å². The molecule has 0 radical (unpaired) electrons. The van der Waals surface area contributed by atoms with E-state index in [4.69, 9.17) is 0 Å². The van der Waals surface area contributed by atoms with E-state index in [2.05, 4.69) is 49.3 Å². The number of carbonyl (C=O) groups is 2. The second kappa shape index (κ2) is 7.84. The number of hydrogen-bond donors (Lipinski definition) is 2. The number of anilines is 1. The highest BCUT2D eigenvalue weighted by molar-refractivity contribution is 6.22. The molecule has 2 N–H and O–H groups in total. The van der Waals surface area contributed by atoms with Gasteiger partial charge in [-0.25, -0.2) is 4.90 Å². The summed E-state index contributed by atoms with van der Waals surface area (Å²) in [6, 6.07) is 13.6. The zero-order chi connectivity index (χ0) is 20.5. The lowest BCUT2D eigenvalue weighted by Crippen LogP contribution is -2.39. The van der Waals surface area contributed by atoms with Crippen LogP contribution in [0.4, 0.5) is 5.69 Å². The first kappa shape index (κ1) is 19.4. The fraction of sp³-hybridized carbons (Fsp3) is 0.333. The normalized spacial score (nSPS) is 17.1. The molecule has 0 aliphatic carbocycles. The average molecular weight is 389 g/mol. The molecule has 2 aromatic carbocycles. The van der Waals surface area contributed by atoms with E-state index in [0.717, 1.165) is 11.9 Å². The molecule has 0 bridgehead atoms. The zero-order valence-electron chi connectivity index (χ0n) is 17.2. The van der Waals surface area contributed by atoms with Crippen molar-refractivity contribution in [1.29, 1.82) is 0 Å². The molecule has 0 spiro atoms. The highest BCUT2D eigenvalue weighted by atomic mass is 16.2. The number of aryl methyl sites for hydroxylation is 1. The fourth-order valence-corrected chi connectivity index (χ4v) is 3.95. The number of amides is 2. The van der Waals surface area contributed by atoms with Gasteiger partial charge in [-0.1, -0.05) is 37.6 Å². The van der Waals surface area contributed by atoms with Gasteiger partial charge < -0.3 is 10.3 Å². The quantitative estimate of drug-likeness (QED) is 0.625. The van der Waals surface area contributed by atoms with Crippen LogP contribution < -0.4 is 10.2 Å². The third kappa shape index (κ3) is 3.83. The van der Waals surface area contributed by atoms with Crippen LogP contribution in [0.15, 0.2) is 48.7 Å². The van der Waals surface area contributed by atoms with Crippen LogP contribution in [0, 0.1) is 6.92 Å². The van der Waals surface area contributed by atoms with E-state index >= 15 is 0 Å². The van der Waals surface area contributed by atoms with Crippen molar-refractivity contribution in [3.8, 4) is 0 Å². The number of rotatable bonds is 6. The summed E-state index contributed by atoms with van der Waals surface area (Å²) < 4.78 is 0. The molecule has 1 fully saturated rings. The molecule has 0 saturated carbocycles. The van der Waals surface area contributed by atoms with Crippen LogP contribution in [0.5, 0.6) is 0 Å². The molecule has 5 heteroatoms. The Balaban J connectivity index is 1.40. The first-order valence-electron chi connectivity index (χ1n) is 10.2. The molecular weight excluding hydrogens is 362 g/mol. The molecule has 1 aliphatic rings. The molecule has 1 aromatic heterocycles. The van der Waals surface area contributed by atoms with Crippen molar-refractivity contribution in [2.45, 2.75) is 45.6 Å². The summed E-state index contributed by atoms with van der Waals surface area (Å²) in [5.74, 6) is 0.103. The molecule has 4 rings (SSSR count). The Morgan fingerprint density at radius 1 is 1.14 bits per heavy atom. The predicted molar refractivity (Wildman–Crippen MR) is 116 cm³/mol. The number of fused-ring (bicyclic) bond motifs is 1. The third-order valence-corrected chi connectivity index (χ3v) is 5.67. The van der Waals surface area contributed by atoms with Gasteiger partial charge >= 0.3 is 0 Å². The zero-order valence-corrected chi connectivity index (χ0v) is 17.2. The van der Waals surface area contributed by atoms with Gasteiger partial charge in [0.1, 0.15) is 0 Å². The number of nitrogens with zero attached hydrogens (tertiary/aromatic N) is 1. The lowest BCUT2D eigenvalue weighted by atomic mass is 10.0. The van der Waals surface area contributed by atoms with E-state index in [9.17, 15) is 9.59 Å². The first-order valence-corrected chi connectivity index (χ1v) is 10.2. The van der Waals surface area contributed by atoms with E-state index in [1.54, 1.807) is 0 Å². The molecule has 2 amide bonds. The molecule has 5 nitrogen and oxygen atoms in total. The van der Waals surface area contributed by atoms with Crippen LogP contribution in [-0.4, -0.2) is 29.4 Å². The molecule has 1 atom stereocenters. The summed E-state index contributed by atoms with van der Waals surface area (Å²) in [5, 5.41) is 4.50. The van der Waals surface area contributed by atoms with Gasteiger partial charge in [-0.2, -0.15) is 0 Å². The molecule has 150 valence electrons. The largest absolute Gasteiger partial charge is 0.361 e. The number of H-pyrrole nitrogens is 1. The van der Waals surface area contributed by atoms with Gasteiger partial charge in [0.15, 0.2) is 0 Å². The smallest absolute Gasteiger partial charge is 0.251 e. The van der Waals surface area contributed by atoms with E-state index in [0.29, 0.717) is 18.2 Å². The number of benzene rings is 2. The van der Waals surface area contributed by atoms with Gasteiger partial charge in [0.2, 0.25) is 5.91 Å². The van der Waals surface area contributed by atoms with Crippen molar-refractivity contribution in [1.82, 2.24) is 10.3 Å². The van der Waals surface area contributed by atoms with Crippen molar-refractivity contribution >= 4 is 28.4 Å². The number of carbonyl (C=O) groups excluding carboxylic acids is 2. The molecule has 29 heavy (non-hydrogen) atoms. The minimum atomic E-state index is -0.459. The summed E-state index contributed by atoms with van der Waals surface area (Å²) in [6.45, 7) is 6.97. The minimum Gasteiger partial charge on any atom is -0.361 e. The van der Waals surface area contributed by atoms with Gasteiger partial charge in [-0.05, 0) is 54.7 Å². The molecule has 1 aliphatic heterocycles. The predicted octanol–water partition coefficient (Wildman–Crippen LogP) is 4.06. The average Bonchev–Trinajstić information content (AvgIpc) is 3.22. The first-order chi connectivity index (χ1) is 13.9. The van der Waals surface area contributed by atoms with Crippen molar-refractivity contribution in [3.63, 3.8) is 0 Å². The number of hydrogen-bond acceptors (Lipinski definition) is 3. The lowest BCUT2D eigenvalue weighted by Gasteiger charge is -2.16. The van der Waals surface area contributed by atoms with Gasteiger partial charge in [0, 0.05) is 23.6 Å². The molecule has 1 saturated heterocycles. The fourth-order valence-electron chi connectivity index (χ4n) is 3.95. The number of nitrogens with one attached hydrogen (secondary N) is 2.